The predicted octanol–water partition coefficient (Wildman–Crippen LogP) is 4.22. The number of hydrogen-bond donors (Lipinski definition) is 1. The van der Waals surface area contributed by atoms with Crippen LogP contribution in [0.15, 0.2) is 48.5 Å². The molecule has 1 aliphatic heterocycles. The third-order valence-electron chi connectivity index (χ3n) is 4.84. The molecule has 0 bridgehead atoms. The number of nitrogens with one attached hydrogen (secondary N) is 1. The molecule has 162 valence electrons. The Balaban J connectivity index is 1.36. The van der Waals surface area contributed by atoms with Gasteiger partial charge in [-0.15, -0.1) is 0 Å². The smallest absolute Gasteiger partial charge is 0.249 e. The Morgan fingerprint density at radius 1 is 1.16 bits per heavy atom. The summed E-state index contributed by atoms with van der Waals surface area (Å²) in [5, 5.41) is 8.05. The Bertz CT molecular complexity index is 1340. The molecule has 1 N–H and O–H groups in total. The number of aromatic nitrogens is 3. The molecule has 0 saturated heterocycles. The first kappa shape index (κ1) is 20.1. The van der Waals surface area contributed by atoms with Gasteiger partial charge in [0.25, 0.3) is 0 Å². The van der Waals surface area contributed by atoms with E-state index >= 15 is 0 Å². The second-order valence-corrected chi connectivity index (χ2v) is 8.15. The normalized spacial score (nSPS) is 12.9. The fourth-order valence-corrected chi connectivity index (χ4v) is 4.31. The standard InChI is InChI=1S/C23H20N4O4S/c1-14-11-21(27(26-14)23-24-17-6-5-16(29-2)13-20(17)32-23)25-22(28)8-4-15-3-7-18-19(12-15)31-10-9-30-18/h3-8,11-13H,9-10H2,1-2H3,(H,25,28)/b8-4-. The molecule has 1 amide bonds. The van der Waals surface area contributed by atoms with Crippen LogP contribution < -0.4 is 19.5 Å². The summed E-state index contributed by atoms with van der Waals surface area (Å²) < 4.78 is 19.0. The zero-order valence-corrected chi connectivity index (χ0v) is 18.3. The predicted molar refractivity (Wildman–Crippen MR) is 123 cm³/mol. The van der Waals surface area contributed by atoms with Gasteiger partial charge in [0.2, 0.25) is 11.0 Å². The lowest BCUT2D eigenvalue weighted by Gasteiger charge is -2.18. The summed E-state index contributed by atoms with van der Waals surface area (Å²) >= 11 is 1.47. The molecule has 2 aromatic heterocycles. The minimum Gasteiger partial charge on any atom is -0.497 e. The van der Waals surface area contributed by atoms with Gasteiger partial charge in [0.05, 0.1) is 23.0 Å². The number of benzene rings is 2. The molecule has 32 heavy (non-hydrogen) atoms. The Morgan fingerprint density at radius 3 is 2.84 bits per heavy atom. The topological polar surface area (TPSA) is 87.5 Å². The average Bonchev–Trinajstić information content (AvgIpc) is 3.39. The highest BCUT2D eigenvalue weighted by Crippen LogP contribution is 2.32. The molecule has 0 aliphatic carbocycles. The van der Waals surface area contributed by atoms with Gasteiger partial charge in [0.15, 0.2) is 11.5 Å². The lowest BCUT2D eigenvalue weighted by Crippen LogP contribution is -2.15. The van der Waals surface area contributed by atoms with Gasteiger partial charge >= 0.3 is 0 Å². The third kappa shape index (κ3) is 4.02. The Labute approximate surface area is 188 Å². The van der Waals surface area contributed by atoms with Crippen molar-refractivity contribution in [2.45, 2.75) is 6.92 Å². The van der Waals surface area contributed by atoms with Crippen LogP contribution in [-0.2, 0) is 4.79 Å². The number of carbonyl (C=O) groups is 1. The van der Waals surface area contributed by atoms with E-state index in [-0.39, 0.29) is 5.91 Å². The number of ether oxygens (including phenoxy) is 3. The number of anilines is 1. The number of hydrogen-bond acceptors (Lipinski definition) is 7. The van der Waals surface area contributed by atoms with E-state index in [1.165, 1.54) is 17.4 Å². The summed E-state index contributed by atoms with van der Waals surface area (Å²) in [6, 6.07) is 13.1. The highest BCUT2D eigenvalue weighted by Gasteiger charge is 2.15. The molecule has 0 unspecified atom stereocenters. The van der Waals surface area contributed by atoms with E-state index in [1.54, 1.807) is 17.9 Å². The summed E-state index contributed by atoms with van der Waals surface area (Å²) in [5.41, 5.74) is 2.46. The van der Waals surface area contributed by atoms with Crippen molar-refractivity contribution in [1.29, 1.82) is 0 Å². The Morgan fingerprint density at radius 2 is 2.00 bits per heavy atom. The van der Waals surface area contributed by atoms with Gasteiger partial charge < -0.3 is 19.5 Å². The van der Waals surface area contributed by atoms with Crippen molar-refractivity contribution < 1.29 is 19.0 Å². The van der Waals surface area contributed by atoms with Crippen molar-refractivity contribution in [3.63, 3.8) is 0 Å². The van der Waals surface area contributed by atoms with Crippen LogP contribution in [0.5, 0.6) is 17.2 Å². The minimum absolute atomic E-state index is 0.274. The number of thiazole rings is 1. The molecule has 3 heterocycles. The summed E-state index contributed by atoms with van der Waals surface area (Å²) in [4.78, 5) is 17.2. The fraction of sp³-hybridized carbons (Fsp3) is 0.174. The molecule has 1 aliphatic rings. The lowest BCUT2D eigenvalue weighted by molar-refractivity contribution is -0.111. The summed E-state index contributed by atoms with van der Waals surface area (Å²) in [5.74, 6) is 2.43. The number of aryl methyl sites for hydroxylation is 1. The number of methoxy groups -OCH3 is 1. The molecule has 4 aromatic rings. The first-order chi connectivity index (χ1) is 15.6. The molecule has 9 heteroatoms. The van der Waals surface area contributed by atoms with Crippen molar-refractivity contribution in [1.82, 2.24) is 14.8 Å². The number of fused-ring (bicyclic) bond motifs is 2. The molecule has 8 nitrogen and oxygen atoms in total. The second kappa shape index (κ2) is 8.35. The number of amides is 1. The zero-order valence-electron chi connectivity index (χ0n) is 17.5. The van der Waals surface area contributed by atoms with Crippen molar-refractivity contribution in [3.05, 3.63) is 59.8 Å². The SMILES string of the molecule is COc1ccc2nc(-n3nc(C)cc3NC(=O)/C=C\c3ccc4c(c3)OCCO4)sc2c1. The molecule has 0 atom stereocenters. The van der Waals surface area contributed by atoms with Gasteiger partial charge in [-0.2, -0.15) is 9.78 Å². The molecular weight excluding hydrogens is 428 g/mol. The zero-order chi connectivity index (χ0) is 22.1. The highest BCUT2D eigenvalue weighted by molar-refractivity contribution is 7.20. The van der Waals surface area contributed by atoms with E-state index in [4.69, 9.17) is 14.2 Å². The van der Waals surface area contributed by atoms with E-state index in [2.05, 4.69) is 15.4 Å². The number of rotatable bonds is 5. The summed E-state index contributed by atoms with van der Waals surface area (Å²) in [6.07, 6.45) is 3.20. The van der Waals surface area contributed by atoms with Crippen molar-refractivity contribution >= 4 is 39.4 Å². The van der Waals surface area contributed by atoms with Crippen LogP contribution in [0.25, 0.3) is 21.4 Å². The average molecular weight is 449 g/mol. The van der Waals surface area contributed by atoms with Gasteiger partial charge in [-0.05, 0) is 48.9 Å². The maximum Gasteiger partial charge on any atom is 0.249 e. The molecule has 0 spiro atoms. The van der Waals surface area contributed by atoms with Gasteiger partial charge in [0, 0.05) is 12.1 Å². The van der Waals surface area contributed by atoms with E-state index < -0.39 is 0 Å². The van der Waals surface area contributed by atoms with Gasteiger partial charge in [-0.3, -0.25) is 4.79 Å². The van der Waals surface area contributed by atoms with Crippen LogP contribution in [0.3, 0.4) is 0 Å². The van der Waals surface area contributed by atoms with Crippen LogP contribution in [-0.4, -0.2) is 41.0 Å². The third-order valence-corrected chi connectivity index (χ3v) is 5.84. The largest absolute Gasteiger partial charge is 0.497 e. The maximum atomic E-state index is 12.6. The number of carbonyl (C=O) groups excluding carboxylic acids is 1. The van der Waals surface area contributed by atoms with Gasteiger partial charge in [-0.1, -0.05) is 17.4 Å². The quantitative estimate of drug-likeness (QED) is 0.460. The van der Waals surface area contributed by atoms with E-state index in [1.807, 2.05) is 49.4 Å². The van der Waals surface area contributed by atoms with E-state index in [0.29, 0.717) is 35.7 Å². The van der Waals surface area contributed by atoms with Crippen molar-refractivity contribution in [2.24, 2.45) is 0 Å². The maximum absolute atomic E-state index is 12.6. The molecular formula is C23H20N4O4S. The Hall–Kier alpha value is -3.85. The lowest BCUT2D eigenvalue weighted by atomic mass is 10.2. The molecule has 0 radical (unpaired) electrons. The fourth-order valence-electron chi connectivity index (χ4n) is 3.35. The summed E-state index contributed by atoms with van der Waals surface area (Å²) in [6.45, 7) is 2.93. The van der Waals surface area contributed by atoms with Crippen LogP contribution in [0.2, 0.25) is 0 Å². The Kier molecular flexibility index (Phi) is 5.24. The van der Waals surface area contributed by atoms with Gasteiger partial charge in [0.1, 0.15) is 24.8 Å². The van der Waals surface area contributed by atoms with Crippen LogP contribution in [0, 0.1) is 6.92 Å². The molecule has 5 rings (SSSR count). The minimum atomic E-state index is -0.274. The van der Waals surface area contributed by atoms with E-state index in [9.17, 15) is 4.79 Å². The monoisotopic (exact) mass is 448 g/mol. The second-order valence-electron chi connectivity index (χ2n) is 7.14. The van der Waals surface area contributed by atoms with Crippen LogP contribution >= 0.6 is 11.3 Å². The van der Waals surface area contributed by atoms with Crippen LogP contribution in [0.4, 0.5) is 5.82 Å². The van der Waals surface area contributed by atoms with Crippen molar-refractivity contribution in [3.8, 4) is 22.4 Å². The number of nitrogens with zero attached hydrogens (tertiary/aromatic N) is 3. The van der Waals surface area contributed by atoms with Crippen molar-refractivity contribution in [2.75, 3.05) is 25.6 Å². The molecule has 2 aromatic carbocycles. The van der Waals surface area contributed by atoms with Gasteiger partial charge in [-0.25, -0.2) is 4.98 Å². The first-order valence-electron chi connectivity index (χ1n) is 9.99. The van der Waals surface area contributed by atoms with E-state index in [0.717, 1.165) is 27.2 Å². The molecule has 0 fully saturated rings. The highest BCUT2D eigenvalue weighted by atomic mass is 32.1. The molecule has 0 saturated carbocycles. The summed E-state index contributed by atoms with van der Waals surface area (Å²) in [7, 11) is 1.63. The first-order valence-corrected chi connectivity index (χ1v) is 10.8. The van der Waals surface area contributed by atoms with Crippen LogP contribution in [0.1, 0.15) is 11.3 Å².